The van der Waals surface area contributed by atoms with Crippen LogP contribution in [-0.4, -0.2) is 28.2 Å². The fourth-order valence-electron chi connectivity index (χ4n) is 4.12. The Labute approximate surface area is 179 Å². The molecule has 2 aliphatic rings. The van der Waals surface area contributed by atoms with Gasteiger partial charge in [0.25, 0.3) is 11.8 Å². The lowest BCUT2D eigenvalue weighted by Gasteiger charge is -2.31. The van der Waals surface area contributed by atoms with Crippen LogP contribution in [0.3, 0.4) is 0 Å². The third-order valence-corrected chi connectivity index (χ3v) is 5.87. The molecule has 0 atom stereocenters. The zero-order valence-corrected chi connectivity index (χ0v) is 16.9. The number of imide groups is 1. The van der Waals surface area contributed by atoms with E-state index in [1.165, 1.54) is 22.3 Å². The molecule has 1 aromatic heterocycles. The van der Waals surface area contributed by atoms with E-state index in [0.717, 1.165) is 6.42 Å². The number of carbonyl (C=O) groups excluding carboxylic acids is 2. The average molecular weight is 419 g/mol. The summed E-state index contributed by atoms with van der Waals surface area (Å²) < 4.78 is 5.38. The van der Waals surface area contributed by atoms with Crippen LogP contribution in [0, 0.1) is 0 Å². The van der Waals surface area contributed by atoms with E-state index in [9.17, 15) is 9.59 Å². The Morgan fingerprint density at radius 3 is 2.40 bits per heavy atom. The van der Waals surface area contributed by atoms with E-state index in [1.54, 1.807) is 36.4 Å². The molecule has 30 heavy (non-hydrogen) atoms. The van der Waals surface area contributed by atoms with Gasteiger partial charge >= 0.3 is 0 Å². The van der Waals surface area contributed by atoms with Gasteiger partial charge in [0.15, 0.2) is 0 Å². The van der Waals surface area contributed by atoms with E-state index in [2.05, 4.69) is 12.1 Å². The lowest BCUT2D eigenvalue weighted by atomic mass is 9.98. The number of rotatable bonds is 4. The van der Waals surface area contributed by atoms with Crippen molar-refractivity contribution in [3.8, 4) is 0 Å². The predicted octanol–water partition coefficient (Wildman–Crippen LogP) is 4.27. The molecule has 0 unspecified atom stereocenters. The van der Waals surface area contributed by atoms with E-state index in [4.69, 9.17) is 16.0 Å². The van der Waals surface area contributed by atoms with E-state index in [-0.39, 0.29) is 18.4 Å². The van der Waals surface area contributed by atoms with Crippen LogP contribution in [0.25, 0.3) is 5.57 Å². The van der Waals surface area contributed by atoms with Crippen LogP contribution in [0.15, 0.2) is 77.0 Å². The molecule has 0 bridgehead atoms. The molecule has 0 aliphatic carbocycles. The first-order chi connectivity index (χ1) is 14.6. The van der Waals surface area contributed by atoms with Crippen LogP contribution in [0.2, 0.25) is 5.02 Å². The highest BCUT2D eigenvalue weighted by molar-refractivity contribution is 6.35. The van der Waals surface area contributed by atoms with E-state index in [1.807, 2.05) is 17.0 Å². The van der Waals surface area contributed by atoms with E-state index < -0.39 is 0 Å². The van der Waals surface area contributed by atoms with Crippen molar-refractivity contribution in [2.24, 2.45) is 0 Å². The first-order valence-electron chi connectivity index (χ1n) is 9.82. The minimum absolute atomic E-state index is 0.107. The minimum Gasteiger partial charge on any atom is -0.467 e. The number of benzene rings is 2. The third-order valence-electron chi connectivity index (χ3n) is 5.62. The van der Waals surface area contributed by atoms with Crippen molar-refractivity contribution >= 4 is 29.0 Å². The van der Waals surface area contributed by atoms with Crippen molar-refractivity contribution < 1.29 is 14.0 Å². The summed E-state index contributed by atoms with van der Waals surface area (Å²) >= 11 is 6.05. The molecule has 0 saturated heterocycles. The summed E-state index contributed by atoms with van der Waals surface area (Å²) in [4.78, 5) is 30.1. The molecule has 0 spiro atoms. The summed E-state index contributed by atoms with van der Waals surface area (Å²) in [5, 5.41) is 0.581. The summed E-state index contributed by atoms with van der Waals surface area (Å²) in [5.74, 6) is -0.0364. The summed E-state index contributed by atoms with van der Waals surface area (Å²) in [7, 11) is 0. The van der Waals surface area contributed by atoms with Crippen LogP contribution >= 0.6 is 11.6 Å². The van der Waals surface area contributed by atoms with E-state index >= 15 is 0 Å². The third kappa shape index (κ3) is 3.21. The molecule has 3 aromatic rings. The Balaban J connectivity index is 1.57. The number of carbonyl (C=O) groups is 2. The molecular formula is C24H19ClN2O3. The molecule has 0 radical (unpaired) electrons. The number of amides is 2. The highest BCUT2D eigenvalue weighted by atomic mass is 35.5. The van der Waals surface area contributed by atoms with Gasteiger partial charge in [-0.3, -0.25) is 14.5 Å². The Morgan fingerprint density at radius 2 is 1.67 bits per heavy atom. The largest absolute Gasteiger partial charge is 0.467 e. The summed E-state index contributed by atoms with van der Waals surface area (Å²) in [5.41, 5.74) is 4.02. The van der Waals surface area contributed by atoms with Crippen molar-refractivity contribution in [1.29, 1.82) is 0 Å². The number of nitrogens with zero attached hydrogens (tertiary/aromatic N) is 2. The van der Waals surface area contributed by atoms with Crippen molar-refractivity contribution in [2.45, 2.75) is 19.5 Å². The molecule has 0 saturated carbocycles. The fourth-order valence-corrected chi connectivity index (χ4v) is 4.25. The van der Waals surface area contributed by atoms with Crippen LogP contribution in [-0.2, 0) is 29.1 Å². The molecule has 5 rings (SSSR count). The molecule has 5 nitrogen and oxygen atoms in total. The predicted molar refractivity (Wildman–Crippen MR) is 113 cm³/mol. The average Bonchev–Trinajstić information content (AvgIpc) is 3.36. The van der Waals surface area contributed by atoms with Gasteiger partial charge in [-0.2, -0.15) is 0 Å². The van der Waals surface area contributed by atoms with Crippen molar-refractivity contribution in [3.63, 3.8) is 0 Å². The molecule has 6 heteroatoms. The summed E-state index contributed by atoms with van der Waals surface area (Å²) in [6, 6.07) is 18.8. The second-order valence-electron chi connectivity index (χ2n) is 7.45. The standard InChI is InChI=1S/C24H19ClN2O3/c25-19-9-7-17(8-10-19)21-22(26-12-11-16-4-1-2-5-18(16)14-26)24(29)27(23(21)28)15-20-6-3-13-30-20/h1-10,13H,11-12,14-15H2. The Morgan fingerprint density at radius 1 is 0.900 bits per heavy atom. The van der Waals surface area contributed by atoms with Gasteiger partial charge < -0.3 is 9.32 Å². The topological polar surface area (TPSA) is 53.8 Å². The van der Waals surface area contributed by atoms with Crippen molar-refractivity contribution in [3.05, 3.63) is 100 Å². The smallest absolute Gasteiger partial charge is 0.278 e. The van der Waals surface area contributed by atoms with E-state index in [0.29, 0.717) is 40.7 Å². The Hall–Kier alpha value is -3.31. The molecule has 0 N–H and O–H groups in total. The molecule has 3 heterocycles. The SMILES string of the molecule is O=C1C(c2ccc(Cl)cc2)=C(N2CCc3ccccc3C2)C(=O)N1Cc1ccco1. The number of hydrogen-bond acceptors (Lipinski definition) is 4. The zero-order chi connectivity index (χ0) is 20.7. The molecular weight excluding hydrogens is 400 g/mol. The lowest BCUT2D eigenvalue weighted by molar-refractivity contribution is -0.138. The fraction of sp³-hybridized carbons (Fsp3) is 0.167. The molecule has 150 valence electrons. The van der Waals surface area contributed by atoms with Gasteiger partial charge in [0.2, 0.25) is 0 Å². The van der Waals surface area contributed by atoms with Crippen LogP contribution in [0.1, 0.15) is 22.5 Å². The summed E-state index contributed by atoms with van der Waals surface area (Å²) in [6.07, 6.45) is 2.36. The van der Waals surface area contributed by atoms with Gasteiger partial charge in [-0.15, -0.1) is 0 Å². The van der Waals surface area contributed by atoms with Gasteiger partial charge in [-0.05, 0) is 47.4 Å². The first kappa shape index (κ1) is 18.7. The number of furan rings is 1. The molecule has 0 fully saturated rings. The van der Waals surface area contributed by atoms with Crippen LogP contribution < -0.4 is 0 Å². The monoisotopic (exact) mass is 418 g/mol. The molecule has 2 amide bonds. The Bertz CT molecular complexity index is 1150. The number of hydrogen-bond donors (Lipinski definition) is 0. The van der Waals surface area contributed by atoms with Crippen molar-refractivity contribution in [1.82, 2.24) is 9.80 Å². The molecule has 2 aliphatic heterocycles. The maximum absolute atomic E-state index is 13.4. The zero-order valence-electron chi connectivity index (χ0n) is 16.2. The number of halogens is 1. The van der Waals surface area contributed by atoms with Crippen LogP contribution in [0.5, 0.6) is 0 Å². The minimum atomic E-state index is -0.312. The number of fused-ring (bicyclic) bond motifs is 1. The quantitative estimate of drug-likeness (QED) is 0.594. The van der Waals surface area contributed by atoms with Gasteiger partial charge in [-0.1, -0.05) is 48.0 Å². The summed E-state index contributed by atoms with van der Waals surface area (Å²) in [6.45, 7) is 1.38. The lowest BCUT2D eigenvalue weighted by Crippen LogP contribution is -2.37. The first-order valence-corrected chi connectivity index (χ1v) is 10.2. The highest BCUT2D eigenvalue weighted by Crippen LogP contribution is 2.35. The van der Waals surface area contributed by atoms with Gasteiger partial charge in [0.1, 0.15) is 11.5 Å². The van der Waals surface area contributed by atoms with Gasteiger partial charge in [-0.25, -0.2) is 0 Å². The molecule has 2 aromatic carbocycles. The van der Waals surface area contributed by atoms with Crippen molar-refractivity contribution in [2.75, 3.05) is 6.54 Å². The highest BCUT2D eigenvalue weighted by Gasteiger charge is 2.42. The van der Waals surface area contributed by atoms with Crippen LogP contribution in [0.4, 0.5) is 0 Å². The second-order valence-corrected chi connectivity index (χ2v) is 7.88. The second kappa shape index (κ2) is 7.50. The normalized spacial score (nSPS) is 16.4. The Kier molecular flexibility index (Phi) is 4.68. The maximum Gasteiger partial charge on any atom is 0.278 e. The maximum atomic E-state index is 13.4. The van der Waals surface area contributed by atoms with Gasteiger partial charge in [0.05, 0.1) is 18.4 Å². The van der Waals surface area contributed by atoms with Gasteiger partial charge in [0, 0.05) is 18.1 Å².